The van der Waals surface area contributed by atoms with Gasteiger partial charge in [0.25, 0.3) is 5.89 Å². The zero-order valence-corrected chi connectivity index (χ0v) is 12.3. The van der Waals surface area contributed by atoms with Gasteiger partial charge < -0.3 is 10.3 Å². The average molecular weight is 331 g/mol. The third kappa shape index (κ3) is 2.42. The lowest BCUT2D eigenvalue weighted by Crippen LogP contribution is -1.88. The predicted molar refractivity (Wildman–Crippen MR) is 79.8 cm³/mol. The summed E-state index contributed by atoms with van der Waals surface area (Å²) in [5, 5.41) is 4.01. The van der Waals surface area contributed by atoms with Crippen LogP contribution in [0, 0.1) is 6.92 Å². The van der Waals surface area contributed by atoms with E-state index < -0.39 is 0 Å². The summed E-state index contributed by atoms with van der Waals surface area (Å²) >= 11 is 3.40. The molecule has 0 fully saturated rings. The van der Waals surface area contributed by atoms with Crippen molar-refractivity contribution >= 4 is 21.6 Å². The van der Waals surface area contributed by atoms with Crippen LogP contribution < -0.4 is 5.73 Å². The maximum Gasteiger partial charge on any atom is 0.258 e. The van der Waals surface area contributed by atoms with Crippen molar-refractivity contribution in [3.8, 4) is 22.8 Å². The molecule has 2 N–H and O–H groups in total. The Kier molecular flexibility index (Phi) is 3.23. The quantitative estimate of drug-likeness (QED) is 0.728. The Morgan fingerprint density at radius 2 is 2.10 bits per heavy atom. The Bertz CT molecular complexity index is 749. The van der Waals surface area contributed by atoms with Crippen molar-refractivity contribution in [1.29, 1.82) is 0 Å². The molecule has 5 nitrogen and oxygen atoms in total. The Hall–Kier alpha value is -2.21. The minimum absolute atomic E-state index is 0.434. The standard InChI is InChI=1S/C14H11BrN4O/c1-8-7-17-3-2-12(8)13-18-14(20-19-13)9-4-10(15)6-11(16)5-9/h2-7H,16H2,1H3. The number of halogens is 1. The summed E-state index contributed by atoms with van der Waals surface area (Å²) in [6.45, 7) is 1.95. The molecule has 0 bridgehead atoms. The molecule has 3 aromatic rings. The molecule has 0 aliphatic carbocycles. The fraction of sp³-hybridized carbons (Fsp3) is 0.0714. The molecular weight excluding hydrogens is 320 g/mol. The molecule has 3 rings (SSSR count). The van der Waals surface area contributed by atoms with Gasteiger partial charge in [0, 0.05) is 33.7 Å². The van der Waals surface area contributed by atoms with E-state index in [1.807, 2.05) is 25.1 Å². The summed E-state index contributed by atoms with van der Waals surface area (Å²) < 4.78 is 6.18. The van der Waals surface area contributed by atoms with Crippen molar-refractivity contribution in [2.75, 3.05) is 5.73 Å². The first kappa shape index (κ1) is 12.8. The molecule has 6 heteroatoms. The van der Waals surface area contributed by atoms with E-state index in [-0.39, 0.29) is 0 Å². The minimum atomic E-state index is 0.434. The van der Waals surface area contributed by atoms with Crippen LogP contribution in [0.1, 0.15) is 5.56 Å². The zero-order chi connectivity index (χ0) is 14.1. The minimum Gasteiger partial charge on any atom is -0.399 e. The number of nitrogens with zero attached hydrogens (tertiary/aromatic N) is 3. The molecule has 1 aromatic carbocycles. The molecule has 100 valence electrons. The topological polar surface area (TPSA) is 77.8 Å². The van der Waals surface area contributed by atoms with Crippen LogP contribution in [0.2, 0.25) is 0 Å². The van der Waals surface area contributed by atoms with Crippen molar-refractivity contribution in [3.63, 3.8) is 0 Å². The van der Waals surface area contributed by atoms with Gasteiger partial charge in [-0.25, -0.2) is 0 Å². The third-order valence-electron chi connectivity index (χ3n) is 2.85. The van der Waals surface area contributed by atoms with Crippen molar-refractivity contribution < 1.29 is 4.52 Å². The summed E-state index contributed by atoms with van der Waals surface area (Å²) in [5.74, 6) is 0.975. The first-order valence-electron chi connectivity index (χ1n) is 5.94. The number of hydrogen-bond acceptors (Lipinski definition) is 5. The fourth-order valence-electron chi connectivity index (χ4n) is 1.91. The highest BCUT2D eigenvalue weighted by Gasteiger charge is 2.13. The molecule has 20 heavy (non-hydrogen) atoms. The maximum atomic E-state index is 5.81. The van der Waals surface area contributed by atoms with Crippen molar-refractivity contribution in [2.45, 2.75) is 6.92 Å². The molecule has 0 aliphatic heterocycles. The number of aromatic nitrogens is 3. The van der Waals surface area contributed by atoms with E-state index in [0.29, 0.717) is 17.4 Å². The molecule has 0 radical (unpaired) electrons. The van der Waals surface area contributed by atoms with Crippen LogP contribution in [0.4, 0.5) is 5.69 Å². The predicted octanol–water partition coefficient (Wildman–Crippen LogP) is 3.45. The smallest absolute Gasteiger partial charge is 0.258 e. The van der Waals surface area contributed by atoms with E-state index in [0.717, 1.165) is 21.2 Å². The van der Waals surface area contributed by atoms with E-state index in [9.17, 15) is 0 Å². The SMILES string of the molecule is Cc1cnccc1-c1noc(-c2cc(N)cc(Br)c2)n1. The molecule has 0 saturated carbocycles. The molecule has 0 spiro atoms. The molecule has 0 unspecified atom stereocenters. The highest BCUT2D eigenvalue weighted by Crippen LogP contribution is 2.27. The van der Waals surface area contributed by atoms with Gasteiger partial charge in [0.2, 0.25) is 5.82 Å². The van der Waals surface area contributed by atoms with Crippen LogP contribution in [0.15, 0.2) is 45.7 Å². The summed E-state index contributed by atoms with van der Waals surface area (Å²) in [4.78, 5) is 8.46. The van der Waals surface area contributed by atoms with Crippen LogP contribution in [0.5, 0.6) is 0 Å². The van der Waals surface area contributed by atoms with Gasteiger partial charge in [0.15, 0.2) is 0 Å². The fourth-order valence-corrected chi connectivity index (χ4v) is 2.42. The molecule has 2 aromatic heterocycles. The van der Waals surface area contributed by atoms with Crippen molar-refractivity contribution in [3.05, 3.63) is 46.7 Å². The second kappa shape index (κ2) is 5.05. The van der Waals surface area contributed by atoms with Gasteiger partial charge in [-0.15, -0.1) is 0 Å². The number of anilines is 1. The second-order valence-electron chi connectivity index (χ2n) is 4.39. The number of rotatable bonds is 2. The van der Waals surface area contributed by atoms with Gasteiger partial charge in [-0.3, -0.25) is 4.98 Å². The summed E-state index contributed by atoms with van der Waals surface area (Å²) in [6.07, 6.45) is 3.47. The molecule has 0 atom stereocenters. The third-order valence-corrected chi connectivity index (χ3v) is 3.31. The number of pyridine rings is 1. The van der Waals surface area contributed by atoms with Crippen LogP contribution in [0.25, 0.3) is 22.8 Å². The van der Waals surface area contributed by atoms with Crippen LogP contribution in [-0.2, 0) is 0 Å². The van der Waals surface area contributed by atoms with E-state index in [1.165, 1.54) is 0 Å². The van der Waals surface area contributed by atoms with E-state index in [1.54, 1.807) is 18.5 Å². The monoisotopic (exact) mass is 330 g/mol. The van der Waals surface area contributed by atoms with Crippen LogP contribution >= 0.6 is 15.9 Å². The molecular formula is C14H11BrN4O. The highest BCUT2D eigenvalue weighted by molar-refractivity contribution is 9.10. The molecule has 0 amide bonds. The Balaban J connectivity index is 2.04. The Morgan fingerprint density at radius 1 is 1.25 bits per heavy atom. The number of nitrogen functional groups attached to an aromatic ring is 1. The van der Waals surface area contributed by atoms with Gasteiger partial charge in [0.1, 0.15) is 0 Å². The number of nitrogens with two attached hydrogens (primary N) is 1. The normalized spacial score (nSPS) is 10.7. The lowest BCUT2D eigenvalue weighted by molar-refractivity contribution is 0.432. The summed E-state index contributed by atoms with van der Waals surface area (Å²) in [5.41, 5.74) is 9.12. The summed E-state index contributed by atoms with van der Waals surface area (Å²) in [7, 11) is 0. The van der Waals surface area contributed by atoms with Gasteiger partial charge >= 0.3 is 0 Å². The number of hydrogen-bond donors (Lipinski definition) is 1. The second-order valence-corrected chi connectivity index (χ2v) is 5.30. The number of aryl methyl sites for hydroxylation is 1. The van der Waals surface area contributed by atoms with E-state index >= 15 is 0 Å². The van der Waals surface area contributed by atoms with Gasteiger partial charge in [0.05, 0.1) is 0 Å². The van der Waals surface area contributed by atoms with E-state index in [4.69, 9.17) is 10.3 Å². The maximum absolute atomic E-state index is 5.81. The first-order chi connectivity index (χ1) is 9.63. The zero-order valence-electron chi connectivity index (χ0n) is 10.7. The number of benzene rings is 1. The lowest BCUT2D eigenvalue weighted by Gasteiger charge is -1.99. The molecule has 2 heterocycles. The summed E-state index contributed by atoms with van der Waals surface area (Å²) in [6, 6.07) is 7.35. The van der Waals surface area contributed by atoms with Gasteiger partial charge in [-0.2, -0.15) is 4.98 Å². The molecule has 0 saturated heterocycles. The highest BCUT2D eigenvalue weighted by atomic mass is 79.9. The lowest BCUT2D eigenvalue weighted by atomic mass is 10.1. The average Bonchev–Trinajstić information content (AvgIpc) is 2.87. The van der Waals surface area contributed by atoms with Crippen LogP contribution in [0.3, 0.4) is 0 Å². The van der Waals surface area contributed by atoms with Crippen LogP contribution in [-0.4, -0.2) is 15.1 Å². The largest absolute Gasteiger partial charge is 0.399 e. The first-order valence-corrected chi connectivity index (χ1v) is 6.74. The Labute approximate surface area is 124 Å². The van der Waals surface area contributed by atoms with E-state index in [2.05, 4.69) is 31.1 Å². The Morgan fingerprint density at radius 3 is 2.85 bits per heavy atom. The van der Waals surface area contributed by atoms with Gasteiger partial charge in [-0.05, 0) is 36.8 Å². The van der Waals surface area contributed by atoms with Crippen molar-refractivity contribution in [2.24, 2.45) is 0 Å². The molecule has 0 aliphatic rings. The van der Waals surface area contributed by atoms with Gasteiger partial charge in [-0.1, -0.05) is 21.1 Å². The van der Waals surface area contributed by atoms with Crippen molar-refractivity contribution in [1.82, 2.24) is 15.1 Å².